The van der Waals surface area contributed by atoms with Crippen molar-refractivity contribution in [3.8, 4) is 5.75 Å². The third-order valence-electron chi connectivity index (χ3n) is 4.03. The highest BCUT2D eigenvalue weighted by Crippen LogP contribution is 2.41. The molecule has 4 nitrogen and oxygen atoms in total. The number of phenolic OH excluding ortho intramolecular Hbond substituents is 1. The van der Waals surface area contributed by atoms with Crippen LogP contribution in [0.25, 0.3) is 0 Å². The molecular weight excluding hydrogens is 304 g/mol. The number of carbonyl (C=O) groups is 1. The minimum Gasteiger partial charge on any atom is -0.507 e. The van der Waals surface area contributed by atoms with Crippen molar-refractivity contribution in [3.63, 3.8) is 0 Å². The second kappa shape index (κ2) is 8.02. The van der Waals surface area contributed by atoms with Crippen LogP contribution in [0.2, 0.25) is 0 Å². The Morgan fingerprint density at radius 2 is 1.79 bits per heavy atom. The quantitative estimate of drug-likeness (QED) is 0.744. The molecule has 0 saturated carbocycles. The second-order valence-electron chi connectivity index (χ2n) is 8.25. The van der Waals surface area contributed by atoms with Crippen molar-refractivity contribution in [2.24, 2.45) is 5.41 Å². The van der Waals surface area contributed by atoms with Crippen molar-refractivity contribution >= 4 is 5.97 Å². The number of rotatable bonds is 7. The Bertz CT molecular complexity index is 568. The van der Waals surface area contributed by atoms with Crippen LogP contribution < -0.4 is 0 Å². The third kappa shape index (κ3) is 5.82. The second-order valence-corrected chi connectivity index (χ2v) is 8.25. The largest absolute Gasteiger partial charge is 0.507 e. The van der Waals surface area contributed by atoms with Gasteiger partial charge in [0.25, 0.3) is 0 Å². The first-order valence-corrected chi connectivity index (χ1v) is 8.62. The van der Waals surface area contributed by atoms with Crippen LogP contribution in [0.3, 0.4) is 0 Å². The van der Waals surface area contributed by atoms with E-state index in [9.17, 15) is 9.90 Å². The fraction of sp³-hybridized carbons (Fsp3) is 0.650. The average molecular weight is 336 g/mol. The van der Waals surface area contributed by atoms with Crippen LogP contribution in [0.15, 0.2) is 12.1 Å². The highest BCUT2D eigenvalue weighted by Gasteiger charge is 2.30. The zero-order valence-corrected chi connectivity index (χ0v) is 15.9. The van der Waals surface area contributed by atoms with E-state index >= 15 is 0 Å². The molecule has 0 spiro atoms. The van der Waals surface area contributed by atoms with E-state index in [-0.39, 0.29) is 36.4 Å². The first kappa shape index (κ1) is 20.5. The first-order chi connectivity index (χ1) is 11.0. The van der Waals surface area contributed by atoms with Gasteiger partial charge in [0.2, 0.25) is 0 Å². The molecular formula is C20H32O4. The maximum atomic E-state index is 11.8. The number of aryl methyl sites for hydroxylation is 1. The SMILES string of the molecule is CCc1cc(CC(=O)OCCO)cc(C(C)(C)CC(C)(C)C)c1O. The molecule has 0 fully saturated rings. The summed E-state index contributed by atoms with van der Waals surface area (Å²) in [5.41, 5.74) is 2.47. The van der Waals surface area contributed by atoms with Crippen molar-refractivity contribution in [1.82, 2.24) is 0 Å². The maximum Gasteiger partial charge on any atom is 0.310 e. The van der Waals surface area contributed by atoms with Crippen LogP contribution in [-0.4, -0.2) is 29.4 Å². The van der Waals surface area contributed by atoms with E-state index in [0.717, 1.165) is 23.1 Å². The van der Waals surface area contributed by atoms with Crippen LogP contribution in [0.1, 0.15) is 64.7 Å². The van der Waals surface area contributed by atoms with Gasteiger partial charge in [-0.3, -0.25) is 4.79 Å². The number of benzene rings is 1. The summed E-state index contributed by atoms with van der Waals surface area (Å²) in [5.74, 6) is -0.0319. The van der Waals surface area contributed by atoms with Gasteiger partial charge in [-0.15, -0.1) is 0 Å². The standard InChI is InChI=1S/C20H32O4/c1-7-15-10-14(12-17(22)24-9-8-21)11-16(18(15)23)20(5,6)13-19(2,3)4/h10-11,21,23H,7-9,12-13H2,1-6H3. The summed E-state index contributed by atoms with van der Waals surface area (Å²) >= 11 is 0. The molecule has 0 heterocycles. The fourth-order valence-electron chi connectivity index (χ4n) is 3.45. The molecule has 0 radical (unpaired) electrons. The summed E-state index contributed by atoms with van der Waals surface area (Å²) in [7, 11) is 0. The molecule has 0 saturated heterocycles. The first-order valence-electron chi connectivity index (χ1n) is 8.62. The van der Waals surface area contributed by atoms with Crippen molar-refractivity contribution in [1.29, 1.82) is 0 Å². The Labute approximate surface area is 145 Å². The van der Waals surface area contributed by atoms with Crippen LogP contribution in [0.5, 0.6) is 5.75 Å². The molecule has 1 aromatic rings. The summed E-state index contributed by atoms with van der Waals surface area (Å²) in [5, 5.41) is 19.4. The molecule has 0 aliphatic heterocycles. The lowest BCUT2D eigenvalue weighted by Crippen LogP contribution is -2.25. The van der Waals surface area contributed by atoms with Gasteiger partial charge < -0.3 is 14.9 Å². The molecule has 24 heavy (non-hydrogen) atoms. The van der Waals surface area contributed by atoms with E-state index < -0.39 is 0 Å². The van der Waals surface area contributed by atoms with Gasteiger partial charge in [-0.1, -0.05) is 53.7 Å². The molecule has 0 aromatic heterocycles. The van der Waals surface area contributed by atoms with Crippen LogP contribution in [-0.2, 0) is 27.8 Å². The van der Waals surface area contributed by atoms with Gasteiger partial charge in [0, 0.05) is 5.56 Å². The molecule has 4 heteroatoms. The van der Waals surface area contributed by atoms with Gasteiger partial charge in [0.15, 0.2) is 0 Å². The smallest absolute Gasteiger partial charge is 0.310 e. The molecule has 2 N–H and O–H groups in total. The number of esters is 1. The van der Waals surface area contributed by atoms with E-state index in [4.69, 9.17) is 9.84 Å². The number of aromatic hydroxyl groups is 1. The van der Waals surface area contributed by atoms with Gasteiger partial charge in [-0.05, 0) is 34.8 Å². The summed E-state index contributed by atoms with van der Waals surface area (Å²) in [4.78, 5) is 11.8. The van der Waals surface area contributed by atoms with Gasteiger partial charge in [-0.25, -0.2) is 0 Å². The summed E-state index contributed by atoms with van der Waals surface area (Å²) < 4.78 is 4.95. The topological polar surface area (TPSA) is 66.8 Å². The minimum atomic E-state index is -0.364. The molecule has 136 valence electrons. The Morgan fingerprint density at radius 3 is 2.29 bits per heavy atom. The molecule has 0 unspecified atom stereocenters. The van der Waals surface area contributed by atoms with Gasteiger partial charge >= 0.3 is 5.97 Å². The summed E-state index contributed by atoms with van der Waals surface area (Å²) in [6.45, 7) is 12.6. The third-order valence-corrected chi connectivity index (χ3v) is 4.03. The van der Waals surface area contributed by atoms with Crippen molar-refractivity contribution in [3.05, 3.63) is 28.8 Å². The van der Waals surface area contributed by atoms with Crippen molar-refractivity contribution < 1.29 is 19.7 Å². The molecule has 0 bridgehead atoms. The Kier molecular flexibility index (Phi) is 6.85. The Hall–Kier alpha value is -1.55. The van der Waals surface area contributed by atoms with Crippen molar-refractivity contribution in [2.45, 2.75) is 66.2 Å². The van der Waals surface area contributed by atoms with E-state index in [1.807, 2.05) is 19.1 Å². The van der Waals surface area contributed by atoms with E-state index in [0.29, 0.717) is 12.2 Å². The highest BCUT2D eigenvalue weighted by atomic mass is 16.5. The van der Waals surface area contributed by atoms with Gasteiger partial charge in [0.1, 0.15) is 12.4 Å². The lowest BCUT2D eigenvalue weighted by atomic mass is 9.71. The minimum absolute atomic E-state index is 0.0138. The number of ether oxygens (including phenoxy) is 1. The van der Waals surface area contributed by atoms with Crippen LogP contribution >= 0.6 is 0 Å². The van der Waals surface area contributed by atoms with E-state index in [2.05, 4.69) is 34.6 Å². The molecule has 0 aliphatic rings. The molecule has 0 amide bonds. The van der Waals surface area contributed by atoms with Gasteiger partial charge in [0.05, 0.1) is 13.0 Å². The fourth-order valence-corrected chi connectivity index (χ4v) is 3.45. The predicted molar refractivity (Wildman–Crippen MR) is 96.3 cm³/mol. The van der Waals surface area contributed by atoms with Crippen LogP contribution in [0.4, 0.5) is 0 Å². The maximum absolute atomic E-state index is 11.8. The average Bonchev–Trinajstić information content (AvgIpc) is 2.44. The number of carbonyl (C=O) groups excluding carboxylic acids is 1. The van der Waals surface area contributed by atoms with E-state index in [1.54, 1.807) is 0 Å². The lowest BCUT2D eigenvalue weighted by molar-refractivity contribution is -0.143. The zero-order chi connectivity index (χ0) is 18.5. The molecule has 1 aromatic carbocycles. The monoisotopic (exact) mass is 336 g/mol. The number of aliphatic hydroxyl groups excluding tert-OH is 1. The van der Waals surface area contributed by atoms with Gasteiger partial charge in [-0.2, -0.15) is 0 Å². The number of hydrogen-bond donors (Lipinski definition) is 2. The predicted octanol–water partition coefficient (Wildman–Crippen LogP) is 3.75. The summed E-state index contributed by atoms with van der Waals surface area (Å²) in [6.07, 6.45) is 1.75. The molecule has 0 atom stereocenters. The van der Waals surface area contributed by atoms with Crippen LogP contribution in [0, 0.1) is 5.41 Å². The number of hydrogen-bond acceptors (Lipinski definition) is 4. The Balaban J connectivity index is 3.20. The number of phenols is 1. The molecule has 0 aliphatic carbocycles. The molecule has 1 rings (SSSR count). The lowest BCUT2D eigenvalue weighted by Gasteiger charge is -2.34. The van der Waals surface area contributed by atoms with E-state index in [1.165, 1.54) is 0 Å². The normalized spacial score (nSPS) is 12.3. The van der Waals surface area contributed by atoms with Crippen molar-refractivity contribution in [2.75, 3.05) is 13.2 Å². The number of aliphatic hydroxyl groups is 1. The Morgan fingerprint density at radius 1 is 1.17 bits per heavy atom. The zero-order valence-electron chi connectivity index (χ0n) is 15.9. The summed E-state index contributed by atoms with van der Waals surface area (Å²) in [6, 6.07) is 3.78. The highest BCUT2D eigenvalue weighted by molar-refractivity contribution is 5.73.